The lowest BCUT2D eigenvalue weighted by Gasteiger charge is -2.37. The molecule has 2 bridgehead atoms. The van der Waals surface area contributed by atoms with Gasteiger partial charge in [-0.05, 0) is 51.2 Å². The van der Waals surface area contributed by atoms with Crippen molar-refractivity contribution < 1.29 is 24.2 Å². The molecule has 6 atom stereocenters. The topological polar surface area (TPSA) is 95.9 Å². The molecule has 174 valence electrons. The Bertz CT molecular complexity index is 913. The first-order valence-corrected chi connectivity index (χ1v) is 12.3. The minimum absolute atomic E-state index is 0.0187. The molecule has 3 aliphatic rings. The van der Waals surface area contributed by atoms with Gasteiger partial charge in [0.05, 0.1) is 35.8 Å². The summed E-state index contributed by atoms with van der Waals surface area (Å²) in [6.45, 7) is 7.57. The van der Waals surface area contributed by atoms with Crippen LogP contribution < -0.4 is 5.32 Å². The predicted molar refractivity (Wildman–Crippen MR) is 123 cm³/mol. The van der Waals surface area contributed by atoms with E-state index in [9.17, 15) is 19.5 Å². The zero-order valence-electron chi connectivity index (χ0n) is 19.1. The molecule has 3 aliphatic heterocycles. The number of nitrogens with one attached hydrogen (secondary N) is 1. The van der Waals surface area contributed by atoms with Gasteiger partial charge in [-0.1, -0.05) is 25.1 Å². The van der Waals surface area contributed by atoms with Gasteiger partial charge < -0.3 is 20.1 Å². The lowest BCUT2D eigenvalue weighted by Crippen LogP contribution is -2.54. The summed E-state index contributed by atoms with van der Waals surface area (Å²) in [5, 5.41) is 13.1. The smallest absolute Gasteiger partial charge is 0.310 e. The van der Waals surface area contributed by atoms with Crippen molar-refractivity contribution in [2.75, 3.05) is 18.5 Å². The average molecular weight is 461 g/mol. The number of amides is 2. The van der Waals surface area contributed by atoms with Crippen molar-refractivity contribution in [3.63, 3.8) is 0 Å². The largest absolute Gasteiger partial charge is 0.466 e. The highest BCUT2D eigenvalue weighted by molar-refractivity contribution is 8.02. The van der Waals surface area contributed by atoms with Crippen LogP contribution in [0.5, 0.6) is 0 Å². The van der Waals surface area contributed by atoms with E-state index in [-0.39, 0.29) is 36.2 Å². The third kappa shape index (κ3) is 3.34. The van der Waals surface area contributed by atoms with Crippen LogP contribution in [0.4, 0.5) is 5.69 Å². The van der Waals surface area contributed by atoms with Crippen LogP contribution in [-0.2, 0) is 19.1 Å². The maximum Gasteiger partial charge on any atom is 0.310 e. The number of carbonyl (C=O) groups excluding carboxylic acids is 3. The minimum Gasteiger partial charge on any atom is -0.466 e. The fraction of sp³-hybridized carbons (Fsp3) is 0.625. The molecule has 0 saturated carbocycles. The van der Waals surface area contributed by atoms with Gasteiger partial charge in [-0.2, -0.15) is 0 Å². The molecule has 7 nitrogen and oxygen atoms in total. The third-order valence-corrected chi connectivity index (χ3v) is 9.30. The number of thioether (sulfide) groups is 1. The van der Waals surface area contributed by atoms with Crippen LogP contribution in [-0.4, -0.2) is 63.1 Å². The highest BCUT2D eigenvalue weighted by Crippen LogP contribution is 2.66. The number of ether oxygens (including phenoxy) is 1. The van der Waals surface area contributed by atoms with Crippen molar-refractivity contribution in [1.82, 2.24) is 4.90 Å². The van der Waals surface area contributed by atoms with Crippen LogP contribution in [0.1, 0.15) is 44.2 Å². The van der Waals surface area contributed by atoms with Crippen molar-refractivity contribution in [2.45, 2.75) is 69.0 Å². The molecule has 1 aromatic rings. The van der Waals surface area contributed by atoms with Crippen LogP contribution in [0.2, 0.25) is 0 Å². The van der Waals surface area contributed by atoms with Crippen molar-refractivity contribution in [3.8, 4) is 0 Å². The molecule has 8 heteroatoms. The van der Waals surface area contributed by atoms with Gasteiger partial charge in [0.25, 0.3) is 0 Å². The summed E-state index contributed by atoms with van der Waals surface area (Å²) >= 11 is 1.61. The molecule has 0 aromatic heterocycles. The number of aliphatic hydroxyl groups excluding tert-OH is 1. The molecule has 0 radical (unpaired) electrons. The first-order valence-electron chi connectivity index (χ1n) is 11.4. The lowest BCUT2D eigenvalue weighted by atomic mass is 9.71. The quantitative estimate of drug-likeness (QED) is 0.608. The molecule has 32 heavy (non-hydrogen) atoms. The number of hydrogen-bond donors (Lipinski definition) is 2. The monoisotopic (exact) mass is 460 g/mol. The summed E-state index contributed by atoms with van der Waals surface area (Å²) < 4.78 is 4.65. The second-order valence-electron chi connectivity index (χ2n) is 9.05. The summed E-state index contributed by atoms with van der Waals surface area (Å²) in [5.41, 5.74) is 2.65. The van der Waals surface area contributed by atoms with Gasteiger partial charge >= 0.3 is 5.97 Å². The van der Waals surface area contributed by atoms with Crippen molar-refractivity contribution in [3.05, 3.63) is 29.3 Å². The number of anilines is 1. The Morgan fingerprint density at radius 1 is 1.31 bits per heavy atom. The molecule has 2 unspecified atom stereocenters. The number of hydrogen-bond acceptors (Lipinski definition) is 6. The first kappa shape index (κ1) is 23.1. The molecule has 3 fully saturated rings. The molecule has 2 N–H and O–H groups in total. The molecular weight excluding hydrogens is 428 g/mol. The van der Waals surface area contributed by atoms with E-state index in [0.29, 0.717) is 12.8 Å². The molecule has 4 rings (SSSR count). The number of likely N-dealkylation sites (tertiary alicyclic amines) is 1. The fourth-order valence-electron chi connectivity index (χ4n) is 5.91. The number of fused-ring (bicyclic) bond motifs is 1. The Labute approximate surface area is 193 Å². The van der Waals surface area contributed by atoms with Gasteiger partial charge in [0.1, 0.15) is 6.04 Å². The average Bonchev–Trinajstić information content (AvgIpc) is 3.40. The Morgan fingerprint density at radius 2 is 2.00 bits per heavy atom. The summed E-state index contributed by atoms with van der Waals surface area (Å²) in [6.07, 6.45) is 1.99. The number of para-hydroxylation sites is 1. The maximum atomic E-state index is 13.8. The standard InChI is InChI=1S/C24H32N2O5S/c1-5-15(12-27)26-20(21(28)25-19-13(3)8-7-9-14(19)4)24-11-10-16(32-24)17(18(24)22(26)29)23(30)31-6-2/h7-9,15-18,20,27H,5-6,10-12H2,1-4H3,(H,25,28)/t15-,16-,17+,18-,20?,24?/m0/s1. The zero-order valence-corrected chi connectivity index (χ0v) is 19.9. The second-order valence-corrected chi connectivity index (χ2v) is 10.7. The van der Waals surface area contributed by atoms with E-state index in [0.717, 1.165) is 23.2 Å². The molecular formula is C24H32N2O5S. The highest BCUT2D eigenvalue weighted by Gasteiger charge is 2.74. The van der Waals surface area contributed by atoms with E-state index < -0.39 is 28.7 Å². The number of aliphatic hydroxyl groups is 1. The van der Waals surface area contributed by atoms with Gasteiger partial charge in [-0.25, -0.2) is 0 Å². The van der Waals surface area contributed by atoms with E-state index in [1.807, 2.05) is 39.0 Å². The number of nitrogens with zero attached hydrogens (tertiary/aromatic N) is 1. The summed E-state index contributed by atoms with van der Waals surface area (Å²) in [7, 11) is 0. The van der Waals surface area contributed by atoms with Gasteiger partial charge in [-0.15, -0.1) is 11.8 Å². The molecule has 3 saturated heterocycles. The van der Waals surface area contributed by atoms with Crippen LogP contribution in [0.25, 0.3) is 0 Å². The first-order chi connectivity index (χ1) is 15.3. The van der Waals surface area contributed by atoms with Gasteiger partial charge in [0.2, 0.25) is 11.8 Å². The molecule has 1 spiro atoms. The number of esters is 1. The number of aryl methyl sites for hydroxylation is 2. The van der Waals surface area contributed by atoms with Gasteiger partial charge in [0.15, 0.2) is 0 Å². The highest BCUT2D eigenvalue weighted by atomic mass is 32.2. The van der Waals surface area contributed by atoms with E-state index in [1.165, 1.54) is 0 Å². The number of benzene rings is 1. The van der Waals surface area contributed by atoms with Crippen molar-refractivity contribution in [2.24, 2.45) is 11.8 Å². The molecule has 0 aliphatic carbocycles. The Morgan fingerprint density at radius 3 is 2.59 bits per heavy atom. The Balaban J connectivity index is 1.76. The van der Waals surface area contributed by atoms with E-state index in [1.54, 1.807) is 23.6 Å². The second kappa shape index (κ2) is 8.71. The van der Waals surface area contributed by atoms with E-state index >= 15 is 0 Å². The van der Waals surface area contributed by atoms with Crippen LogP contribution in [0.3, 0.4) is 0 Å². The van der Waals surface area contributed by atoms with E-state index in [4.69, 9.17) is 4.74 Å². The Hall–Kier alpha value is -2.06. The molecule has 2 amide bonds. The third-order valence-electron chi connectivity index (χ3n) is 7.35. The van der Waals surface area contributed by atoms with Crippen LogP contribution >= 0.6 is 11.8 Å². The fourth-order valence-corrected chi connectivity index (χ4v) is 8.10. The van der Waals surface area contributed by atoms with E-state index in [2.05, 4.69) is 5.32 Å². The predicted octanol–water partition coefficient (Wildman–Crippen LogP) is 2.67. The zero-order chi connectivity index (χ0) is 23.2. The van der Waals surface area contributed by atoms with Crippen LogP contribution in [0, 0.1) is 25.7 Å². The molecule has 1 aromatic carbocycles. The van der Waals surface area contributed by atoms with Gasteiger partial charge in [0, 0.05) is 10.9 Å². The lowest BCUT2D eigenvalue weighted by molar-refractivity contribution is -0.154. The summed E-state index contributed by atoms with van der Waals surface area (Å²) in [4.78, 5) is 42.0. The maximum absolute atomic E-state index is 13.8. The normalized spacial score (nSPS) is 31.5. The van der Waals surface area contributed by atoms with Crippen molar-refractivity contribution >= 4 is 35.2 Å². The Kier molecular flexibility index (Phi) is 6.29. The molecule has 3 heterocycles. The summed E-state index contributed by atoms with van der Waals surface area (Å²) in [6, 6.07) is 4.61. The van der Waals surface area contributed by atoms with Crippen molar-refractivity contribution in [1.29, 1.82) is 0 Å². The number of carbonyl (C=O) groups is 3. The SMILES string of the molecule is CCOC(=O)[C@@H]1[C@@H]2CCC3(S2)C(C(=O)Nc2c(C)cccc2C)N([C@@H](CC)CO)C(=O)[C@H]13. The van der Waals surface area contributed by atoms with Crippen LogP contribution in [0.15, 0.2) is 18.2 Å². The van der Waals surface area contributed by atoms with Gasteiger partial charge in [-0.3, -0.25) is 14.4 Å². The minimum atomic E-state index is -0.745. The number of rotatable bonds is 7. The summed E-state index contributed by atoms with van der Waals surface area (Å²) in [5.74, 6) is -1.95.